The zero-order valence-corrected chi connectivity index (χ0v) is 12.6. The second-order valence-electron chi connectivity index (χ2n) is 4.79. The summed E-state index contributed by atoms with van der Waals surface area (Å²) in [4.78, 5) is 33.2. The third kappa shape index (κ3) is 3.18. The van der Waals surface area contributed by atoms with Crippen molar-refractivity contribution in [2.24, 2.45) is 0 Å². The molecule has 9 heteroatoms. The predicted molar refractivity (Wildman–Crippen MR) is 84.4 cm³/mol. The average Bonchev–Trinajstić information content (AvgIpc) is 3.03. The third-order valence-electron chi connectivity index (χ3n) is 3.17. The maximum absolute atomic E-state index is 12.1. The number of rotatable bonds is 5. The average molecular weight is 313 g/mol. The predicted octanol–water partition coefficient (Wildman–Crippen LogP) is 0.831. The number of H-pyrrole nitrogens is 1. The molecule has 0 saturated carbocycles. The minimum atomic E-state index is -0.189. The molecule has 0 unspecified atom stereocenters. The molecule has 0 radical (unpaired) electrons. The molecule has 0 spiro atoms. The van der Waals surface area contributed by atoms with Gasteiger partial charge in [0.1, 0.15) is 11.8 Å². The molecule has 9 nitrogen and oxygen atoms in total. The Bertz CT molecular complexity index is 815. The first-order valence-electron chi connectivity index (χ1n) is 6.82. The second kappa shape index (κ2) is 6.26. The summed E-state index contributed by atoms with van der Waals surface area (Å²) >= 11 is 0. The van der Waals surface area contributed by atoms with Gasteiger partial charge in [0.2, 0.25) is 11.8 Å². The number of amides is 1. The Morgan fingerprint density at radius 3 is 2.91 bits per heavy atom. The summed E-state index contributed by atoms with van der Waals surface area (Å²) in [6.07, 6.45) is 4.49. The van der Waals surface area contributed by atoms with Crippen molar-refractivity contribution in [1.29, 1.82) is 0 Å². The van der Waals surface area contributed by atoms with Crippen LogP contribution in [0.15, 0.2) is 31.0 Å². The van der Waals surface area contributed by atoms with Crippen LogP contribution in [0.3, 0.4) is 0 Å². The Morgan fingerprint density at radius 2 is 2.17 bits per heavy atom. The van der Waals surface area contributed by atoms with Crippen LogP contribution in [0.2, 0.25) is 0 Å². The van der Waals surface area contributed by atoms with E-state index in [9.17, 15) is 4.79 Å². The van der Waals surface area contributed by atoms with Gasteiger partial charge in [0.15, 0.2) is 11.5 Å². The molecule has 118 valence electrons. The molecule has 23 heavy (non-hydrogen) atoms. The molecule has 0 fully saturated rings. The van der Waals surface area contributed by atoms with E-state index in [2.05, 4.69) is 30.2 Å². The van der Waals surface area contributed by atoms with E-state index in [0.29, 0.717) is 28.5 Å². The van der Waals surface area contributed by atoms with Gasteiger partial charge in [0, 0.05) is 13.1 Å². The summed E-state index contributed by atoms with van der Waals surface area (Å²) in [5.41, 5.74) is 1.84. The summed E-state index contributed by atoms with van der Waals surface area (Å²) < 4.78 is 4.97. The van der Waals surface area contributed by atoms with Crippen molar-refractivity contribution in [3.8, 4) is 5.88 Å². The molecule has 3 aromatic heterocycles. The topological polar surface area (TPSA) is 109 Å². The minimum Gasteiger partial charge on any atom is -0.481 e. The maximum atomic E-state index is 12.1. The monoisotopic (exact) mass is 313 g/mol. The summed E-state index contributed by atoms with van der Waals surface area (Å²) in [5, 5.41) is 2.77. The number of nitrogens with zero attached hydrogens (tertiary/aromatic N) is 5. The van der Waals surface area contributed by atoms with Gasteiger partial charge in [0.05, 0.1) is 31.9 Å². The Labute approximate surface area is 131 Å². The lowest BCUT2D eigenvalue weighted by Gasteiger charge is -2.17. The molecule has 3 heterocycles. The number of carbonyl (C=O) groups is 1. The smallest absolute Gasteiger partial charge is 0.243 e. The lowest BCUT2D eigenvalue weighted by atomic mass is 10.4. The van der Waals surface area contributed by atoms with E-state index in [1.165, 1.54) is 19.6 Å². The standard InChI is InChI=1S/C14H15N7O2/c1-21(14-12-13(17-7-16-12)18-8-19-14)6-10(22)20-9-3-4-11(23-2)15-5-9/h3-5,7-8H,6H2,1-2H3,(H,20,22)(H,16,17,18,19). The minimum absolute atomic E-state index is 0.122. The van der Waals surface area contributed by atoms with Gasteiger partial charge in [-0.05, 0) is 6.07 Å². The molecular formula is C14H15N7O2. The Balaban J connectivity index is 1.68. The molecule has 0 aliphatic carbocycles. The summed E-state index contributed by atoms with van der Waals surface area (Å²) in [6.45, 7) is 0.122. The van der Waals surface area contributed by atoms with Gasteiger partial charge in [-0.3, -0.25) is 4.79 Å². The normalized spacial score (nSPS) is 10.5. The van der Waals surface area contributed by atoms with E-state index >= 15 is 0 Å². The molecule has 3 rings (SSSR count). The fourth-order valence-corrected chi connectivity index (χ4v) is 2.11. The summed E-state index contributed by atoms with van der Waals surface area (Å²) in [7, 11) is 3.31. The molecule has 0 bridgehead atoms. The van der Waals surface area contributed by atoms with Gasteiger partial charge in [-0.2, -0.15) is 0 Å². The first-order chi connectivity index (χ1) is 11.2. The highest BCUT2D eigenvalue weighted by Gasteiger charge is 2.13. The lowest BCUT2D eigenvalue weighted by molar-refractivity contribution is -0.114. The quantitative estimate of drug-likeness (QED) is 0.718. The fourth-order valence-electron chi connectivity index (χ4n) is 2.11. The van der Waals surface area contributed by atoms with Crippen molar-refractivity contribution >= 4 is 28.6 Å². The van der Waals surface area contributed by atoms with Crippen molar-refractivity contribution < 1.29 is 9.53 Å². The third-order valence-corrected chi connectivity index (χ3v) is 3.17. The van der Waals surface area contributed by atoms with E-state index in [1.54, 1.807) is 30.4 Å². The van der Waals surface area contributed by atoms with E-state index in [-0.39, 0.29) is 12.5 Å². The van der Waals surface area contributed by atoms with Gasteiger partial charge in [-0.25, -0.2) is 19.9 Å². The molecule has 2 N–H and O–H groups in total. The zero-order chi connectivity index (χ0) is 16.2. The highest BCUT2D eigenvalue weighted by molar-refractivity contribution is 5.95. The van der Waals surface area contributed by atoms with Crippen LogP contribution in [0.1, 0.15) is 0 Å². The van der Waals surface area contributed by atoms with Crippen molar-refractivity contribution in [2.75, 3.05) is 30.9 Å². The number of aromatic amines is 1. The molecule has 1 amide bonds. The number of carbonyl (C=O) groups excluding carboxylic acids is 1. The lowest BCUT2D eigenvalue weighted by Crippen LogP contribution is -2.30. The van der Waals surface area contributed by atoms with Crippen LogP contribution in [-0.2, 0) is 4.79 Å². The van der Waals surface area contributed by atoms with Crippen LogP contribution >= 0.6 is 0 Å². The molecule has 0 aromatic carbocycles. The number of hydrogen-bond acceptors (Lipinski definition) is 7. The van der Waals surface area contributed by atoms with Gasteiger partial charge >= 0.3 is 0 Å². The fraction of sp³-hybridized carbons (Fsp3) is 0.214. The molecule has 0 saturated heterocycles. The van der Waals surface area contributed by atoms with Crippen molar-refractivity contribution in [2.45, 2.75) is 0 Å². The largest absolute Gasteiger partial charge is 0.481 e. The number of fused-ring (bicyclic) bond motifs is 1. The SMILES string of the molecule is COc1ccc(NC(=O)CN(C)c2ncnc3nc[nH]c23)cn1. The first-order valence-corrected chi connectivity index (χ1v) is 6.82. The second-order valence-corrected chi connectivity index (χ2v) is 4.79. The molecule has 0 aliphatic heterocycles. The van der Waals surface area contributed by atoms with E-state index in [1.807, 2.05) is 0 Å². The van der Waals surface area contributed by atoms with Crippen LogP contribution in [0, 0.1) is 0 Å². The number of pyridine rings is 1. The molecule has 0 atom stereocenters. The Morgan fingerprint density at radius 1 is 1.30 bits per heavy atom. The van der Waals surface area contributed by atoms with Crippen LogP contribution in [-0.4, -0.2) is 51.5 Å². The van der Waals surface area contributed by atoms with Crippen molar-refractivity contribution in [1.82, 2.24) is 24.9 Å². The van der Waals surface area contributed by atoms with Crippen LogP contribution in [0.4, 0.5) is 11.5 Å². The summed E-state index contributed by atoms with van der Waals surface area (Å²) in [5.74, 6) is 0.906. The number of ether oxygens (including phenoxy) is 1. The van der Waals surface area contributed by atoms with E-state index in [0.717, 1.165) is 0 Å². The molecular weight excluding hydrogens is 298 g/mol. The van der Waals surface area contributed by atoms with Crippen LogP contribution in [0.25, 0.3) is 11.2 Å². The van der Waals surface area contributed by atoms with Gasteiger partial charge in [-0.1, -0.05) is 0 Å². The highest BCUT2D eigenvalue weighted by Crippen LogP contribution is 2.18. The highest BCUT2D eigenvalue weighted by atomic mass is 16.5. The number of hydrogen-bond donors (Lipinski definition) is 2. The molecule has 3 aromatic rings. The number of aromatic nitrogens is 5. The first kappa shape index (κ1) is 14.7. The van der Waals surface area contributed by atoms with E-state index < -0.39 is 0 Å². The van der Waals surface area contributed by atoms with Gasteiger partial charge < -0.3 is 19.9 Å². The summed E-state index contributed by atoms with van der Waals surface area (Å²) in [6, 6.07) is 3.40. The number of imidazole rings is 1. The molecule has 0 aliphatic rings. The van der Waals surface area contributed by atoms with Gasteiger partial charge in [-0.15, -0.1) is 0 Å². The van der Waals surface area contributed by atoms with Crippen LogP contribution in [0.5, 0.6) is 5.88 Å². The van der Waals surface area contributed by atoms with Crippen molar-refractivity contribution in [3.63, 3.8) is 0 Å². The number of likely N-dealkylation sites (N-methyl/N-ethyl adjacent to an activating group) is 1. The van der Waals surface area contributed by atoms with Crippen molar-refractivity contribution in [3.05, 3.63) is 31.0 Å². The zero-order valence-electron chi connectivity index (χ0n) is 12.6. The number of nitrogens with one attached hydrogen (secondary N) is 2. The Kier molecular flexibility index (Phi) is 4.00. The number of anilines is 2. The maximum Gasteiger partial charge on any atom is 0.243 e. The Hall–Kier alpha value is -3.23. The van der Waals surface area contributed by atoms with Crippen LogP contribution < -0.4 is 15.0 Å². The number of methoxy groups -OCH3 is 1. The van der Waals surface area contributed by atoms with E-state index in [4.69, 9.17) is 4.74 Å². The van der Waals surface area contributed by atoms with Gasteiger partial charge in [0.25, 0.3) is 0 Å².